The zero-order valence-electron chi connectivity index (χ0n) is 10.1. The van der Waals surface area contributed by atoms with E-state index in [2.05, 4.69) is 22.6 Å². The van der Waals surface area contributed by atoms with Gasteiger partial charge >= 0.3 is 0 Å². The van der Waals surface area contributed by atoms with Gasteiger partial charge < -0.3 is 9.84 Å². The Morgan fingerprint density at radius 2 is 1.78 bits per heavy atom. The molecule has 2 aromatic rings. The van der Waals surface area contributed by atoms with Crippen LogP contribution >= 0.6 is 22.6 Å². The standard InChI is InChI=1S/C15H15IO2/c1-2-18-14-6-4-3-5-13(14)15(17)11-7-9-12(16)10-8-11/h3-10,15,17H,2H2,1H3. The third-order valence-corrected chi connectivity index (χ3v) is 3.42. The molecule has 0 heterocycles. The normalized spacial score (nSPS) is 12.2. The van der Waals surface area contributed by atoms with E-state index in [-0.39, 0.29) is 0 Å². The van der Waals surface area contributed by atoms with E-state index < -0.39 is 6.10 Å². The number of hydrogen-bond donors (Lipinski definition) is 1. The topological polar surface area (TPSA) is 29.5 Å². The van der Waals surface area contributed by atoms with Crippen molar-refractivity contribution < 1.29 is 9.84 Å². The molecule has 0 aliphatic heterocycles. The van der Waals surface area contributed by atoms with Gasteiger partial charge in [-0.2, -0.15) is 0 Å². The summed E-state index contributed by atoms with van der Waals surface area (Å²) in [5, 5.41) is 10.4. The number of benzene rings is 2. The number of hydrogen-bond acceptors (Lipinski definition) is 2. The Bertz CT molecular complexity index is 508. The summed E-state index contributed by atoms with van der Waals surface area (Å²) in [7, 11) is 0. The minimum Gasteiger partial charge on any atom is -0.493 e. The van der Waals surface area contributed by atoms with Crippen LogP contribution in [0.15, 0.2) is 48.5 Å². The van der Waals surface area contributed by atoms with Crippen LogP contribution in [0.3, 0.4) is 0 Å². The molecule has 1 unspecified atom stereocenters. The van der Waals surface area contributed by atoms with Gasteiger partial charge in [0, 0.05) is 9.13 Å². The minimum absolute atomic E-state index is 0.594. The third-order valence-electron chi connectivity index (χ3n) is 2.70. The second-order valence-corrected chi connectivity index (χ2v) is 5.17. The monoisotopic (exact) mass is 354 g/mol. The molecular weight excluding hydrogens is 339 g/mol. The van der Waals surface area contributed by atoms with Crippen molar-refractivity contribution in [3.8, 4) is 5.75 Å². The molecular formula is C15H15IO2. The highest BCUT2D eigenvalue weighted by molar-refractivity contribution is 14.1. The van der Waals surface area contributed by atoms with Crippen molar-refractivity contribution in [1.82, 2.24) is 0 Å². The van der Waals surface area contributed by atoms with Crippen LogP contribution in [0, 0.1) is 3.57 Å². The van der Waals surface area contributed by atoms with E-state index in [1.54, 1.807) is 0 Å². The Morgan fingerprint density at radius 3 is 2.44 bits per heavy atom. The maximum absolute atomic E-state index is 10.4. The molecule has 0 aliphatic carbocycles. The number of halogens is 1. The lowest BCUT2D eigenvalue weighted by molar-refractivity contribution is 0.212. The average molecular weight is 354 g/mol. The van der Waals surface area contributed by atoms with E-state index >= 15 is 0 Å². The van der Waals surface area contributed by atoms with Crippen molar-refractivity contribution in [2.24, 2.45) is 0 Å². The lowest BCUT2D eigenvalue weighted by Gasteiger charge is -2.16. The molecule has 0 fully saturated rings. The second-order valence-electron chi connectivity index (χ2n) is 3.92. The maximum atomic E-state index is 10.4. The van der Waals surface area contributed by atoms with Gasteiger partial charge in [-0.05, 0) is 53.3 Å². The van der Waals surface area contributed by atoms with E-state index in [1.165, 1.54) is 0 Å². The Labute approximate surface area is 121 Å². The van der Waals surface area contributed by atoms with Crippen molar-refractivity contribution >= 4 is 22.6 Å². The largest absolute Gasteiger partial charge is 0.493 e. The number of aliphatic hydroxyl groups is 1. The first-order valence-electron chi connectivity index (χ1n) is 5.87. The molecule has 2 aromatic carbocycles. The summed E-state index contributed by atoms with van der Waals surface area (Å²) in [5.74, 6) is 0.742. The molecule has 0 amide bonds. The van der Waals surface area contributed by atoms with Crippen LogP contribution in [-0.2, 0) is 0 Å². The van der Waals surface area contributed by atoms with Crippen LogP contribution < -0.4 is 4.74 Å². The third kappa shape index (κ3) is 3.03. The molecule has 94 valence electrons. The van der Waals surface area contributed by atoms with Crippen molar-refractivity contribution in [2.45, 2.75) is 13.0 Å². The first kappa shape index (κ1) is 13.4. The van der Waals surface area contributed by atoms with Crippen LogP contribution in [0.2, 0.25) is 0 Å². The first-order chi connectivity index (χ1) is 8.72. The van der Waals surface area contributed by atoms with Gasteiger partial charge in [-0.1, -0.05) is 30.3 Å². The average Bonchev–Trinajstić information content (AvgIpc) is 2.40. The predicted octanol–water partition coefficient (Wildman–Crippen LogP) is 3.77. The lowest BCUT2D eigenvalue weighted by atomic mass is 10.0. The molecule has 2 rings (SSSR count). The molecule has 1 N–H and O–H groups in total. The molecule has 0 saturated heterocycles. The van der Waals surface area contributed by atoms with Crippen LogP contribution in [0.25, 0.3) is 0 Å². The summed E-state index contributed by atoms with van der Waals surface area (Å²) in [6.07, 6.45) is -0.648. The summed E-state index contributed by atoms with van der Waals surface area (Å²) in [4.78, 5) is 0. The molecule has 0 spiro atoms. The highest BCUT2D eigenvalue weighted by atomic mass is 127. The maximum Gasteiger partial charge on any atom is 0.125 e. The predicted molar refractivity (Wildman–Crippen MR) is 80.8 cm³/mol. The Hall–Kier alpha value is -1.07. The zero-order chi connectivity index (χ0) is 13.0. The van der Waals surface area contributed by atoms with Crippen LogP contribution in [0.5, 0.6) is 5.75 Å². The molecule has 0 radical (unpaired) electrons. The van der Waals surface area contributed by atoms with Gasteiger partial charge in [-0.3, -0.25) is 0 Å². The van der Waals surface area contributed by atoms with Crippen molar-refractivity contribution in [2.75, 3.05) is 6.61 Å². The van der Waals surface area contributed by atoms with Gasteiger partial charge in [-0.15, -0.1) is 0 Å². The van der Waals surface area contributed by atoms with Crippen LogP contribution in [0.4, 0.5) is 0 Å². The van der Waals surface area contributed by atoms with Gasteiger partial charge in [-0.25, -0.2) is 0 Å². The fourth-order valence-corrected chi connectivity index (χ4v) is 2.18. The van der Waals surface area contributed by atoms with Crippen molar-refractivity contribution in [3.63, 3.8) is 0 Å². The molecule has 0 aromatic heterocycles. The highest BCUT2D eigenvalue weighted by Crippen LogP contribution is 2.30. The van der Waals surface area contributed by atoms with E-state index in [9.17, 15) is 5.11 Å². The smallest absolute Gasteiger partial charge is 0.125 e. The van der Waals surface area contributed by atoms with Crippen molar-refractivity contribution in [1.29, 1.82) is 0 Å². The molecule has 0 saturated carbocycles. The Kier molecular flexibility index (Phi) is 4.60. The molecule has 18 heavy (non-hydrogen) atoms. The summed E-state index contributed by atoms with van der Waals surface area (Å²) in [6, 6.07) is 15.5. The Balaban J connectivity index is 2.33. The number of aliphatic hydroxyl groups excluding tert-OH is 1. The fraction of sp³-hybridized carbons (Fsp3) is 0.200. The lowest BCUT2D eigenvalue weighted by Crippen LogP contribution is -2.03. The van der Waals surface area contributed by atoms with E-state index in [1.807, 2.05) is 55.5 Å². The van der Waals surface area contributed by atoms with Gasteiger partial charge in [0.05, 0.1) is 6.61 Å². The van der Waals surface area contributed by atoms with Gasteiger partial charge in [0.25, 0.3) is 0 Å². The Morgan fingerprint density at radius 1 is 1.11 bits per heavy atom. The molecule has 0 aliphatic rings. The summed E-state index contributed by atoms with van der Waals surface area (Å²) in [5.41, 5.74) is 1.68. The van der Waals surface area contributed by atoms with Gasteiger partial charge in [0.2, 0.25) is 0 Å². The second kappa shape index (κ2) is 6.20. The number of rotatable bonds is 4. The number of para-hydroxylation sites is 1. The first-order valence-corrected chi connectivity index (χ1v) is 6.95. The summed E-state index contributed by atoms with van der Waals surface area (Å²) >= 11 is 2.25. The van der Waals surface area contributed by atoms with Crippen molar-refractivity contribution in [3.05, 3.63) is 63.2 Å². The van der Waals surface area contributed by atoms with Gasteiger partial charge in [0.1, 0.15) is 11.9 Å². The molecule has 3 heteroatoms. The zero-order valence-corrected chi connectivity index (χ0v) is 12.3. The number of ether oxygens (including phenoxy) is 1. The molecule has 1 atom stereocenters. The van der Waals surface area contributed by atoms with E-state index in [0.717, 1.165) is 20.4 Å². The highest BCUT2D eigenvalue weighted by Gasteiger charge is 2.14. The van der Waals surface area contributed by atoms with Crippen LogP contribution in [-0.4, -0.2) is 11.7 Å². The van der Waals surface area contributed by atoms with Crippen LogP contribution in [0.1, 0.15) is 24.2 Å². The molecule has 2 nitrogen and oxygen atoms in total. The summed E-state index contributed by atoms with van der Waals surface area (Å²) < 4.78 is 6.70. The minimum atomic E-state index is -0.648. The van der Waals surface area contributed by atoms with E-state index in [4.69, 9.17) is 4.74 Å². The quantitative estimate of drug-likeness (QED) is 0.847. The van der Waals surface area contributed by atoms with Gasteiger partial charge in [0.15, 0.2) is 0 Å². The van der Waals surface area contributed by atoms with E-state index in [0.29, 0.717) is 6.61 Å². The SMILES string of the molecule is CCOc1ccccc1C(O)c1ccc(I)cc1. The summed E-state index contributed by atoms with van der Waals surface area (Å²) in [6.45, 7) is 2.53. The fourth-order valence-electron chi connectivity index (χ4n) is 1.82. The molecule has 0 bridgehead atoms.